The Kier molecular flexibility index (Phi) is 6.48. The number of hydrogen-bond donors (Lipinski definition) is 1. The lowest BCUT2D eigenvalue weighted by molar-refractivity contribution is -0.123. The second-order valence-electron chi connectivity index (χ2n) is 3.91. The quantitative estimate of drug-likeness (QED) is 0.840. The van der Waals surface area contributed by atoms with Gasteiger partial charge in [-0.2, -0.15) is 11.8 Å². The molecule has 1 aromatic carbocycles. The summed E-state index contributed by atoms with van der Waals surface area (Å²) in [6.45, 7) is 2.54. The Morgan fingerprint density at radius 1 is 1.41 bits per heavy atom. The Morgan fingerprint density at radius 3 is 2.76 bits per heavy atom. The molecule has 0 bridgehead atoms. The van der Waals surface area contributed by atoms with Crippen molar-refractivity contribution in [1.82, 2.24) is 5.32 Å². The minimum Gasteiger partial charge on any atom is -0.352 e. The van der Waals surface area contributed by atoms with Gasteiger partial charge < -0.3 is 5.32 Å². The fraction of sp³-hybridized carbons (Fsp3) is 0.357. The van der Waals surface area contributed by atoms with E-state index in [1.54, 1.807) is 11.8 Å². The maximum atomic E-state index is 11.6. The molecule has 0 spiro atoms. The summed E-state index contributed by atoms with van der Waals surface area (Å²) >= 11 is 1.70. The zero-order chi connectivity index (χ0) is 12.5. The minimum absolute atomic E-state index is 0.0788. The Labute approximate surface area is 107 Å². The monoisotopic (exact) mass is 249 g/mol. The number of amides is 1. The Balaban J connectivity index is 2.28. The molecule has 2 nitrogen and oxygen atoms in total. The molecular weight excluding hydrogens is 230 g/mol. The average Bonchev–Trinajstić information content (AvgIpc) is 2.36. The first kappa shape index (κ1) is 13.8. The van der Waals surface area contributed by atoms with E-state index in [-0.39, 0.29) is 11.8 Å². The van der Waals surface area contributed by atoms with Crippen LogP contribution in [-0.4, -0.2) is 24.5 Å². The predicted molar refractivity (Wildman–Crippen MR) is 76.0 cm³/mol. The highest BCUT2D eigenvalue weighted by atomic mass is 32.2. The minimum atomic E-state index is 0.0788. The summed E-state index contributed by atoms with van der Waals surface area (Å²) in [4.78, 5) is 11.6. The van der Waals surface area contributed by atoms with E-state index in [2.05, 4.69) is 5.32 Å². The molecule has 0 saturated heterocycles. The zero-order valence-electron chi connectivity index (χ0n) is 10.3. The van der Waals surface area contributed by atoms with Crippen LogP contribution in [0, 0.1) is 5.92 Å². The van der Waals surface area contributed by atoms with Gasteiger partial charge in [0, 0.05) is 18.2 Å². The number of hydrogen-bond acceptors (Lipinski definition) is 2. The van der Waals surface area contributed by atoms with Gasteiger partial charge in [0.05, 0.1) is 0 Å². The lowest BCUT2D eigenvalue weighted by Gasteiger charge is -2.08. The van der Waals surface area contributed by atoms with Crippen LogP contribution in [0.3, 0.4) is 0 Å². The van der Waals surface area contributed by atoms with Crippen molar-refractivity contribution in [2.24, 2.45) is 5.92 Å². The Morgan fingerprint density at radius 2 is 2.12 bits per heavy atom. The van der Waals surface area contributed by atoms with Gasteiger partial charge in [-0.15, -0.1) is 0 Å². The van der Waals surface area contributed by atoms with E-state index in [1.165, 1.54) is 0 Å². The van der Waals surface area contributed by atoms with Gasteiger partial charge in [0.1, 0.15) is 0 Å². The molecule has 0 aliphatic rings. The molecule has 3 heteroatoms. The van der Waals surface area contributed by atoms with Crippen LogP contribution in [0.2, 0.25) is 0 Å². The molecule has 0 aromatic heterocycles. The SMILES string of the molecule is CSC[C@H](C)C(=O)NC/C=C\c1ccccc1. The van der Waals surface area contributed by atoms with Crippen molar-refractivity contribution < 1.29 is 4.79 Å². The van der Waals surface area contributed by atoms with E-state index in [0.717, 1.165) is 11.3 Å². The summed E-state index contributed by atoms with van der Waals surface area (Å²) in [5.74, 6) is 1.07. The molecule has 92 valence electrons. The first-order valence-electron chi connectivity index (χ1n) is 5.72. The van der Waals surface area contributed by atoms with Crippen LogP contribution in [0.5, 0.6) is 0 Å². The standard InChI is InChI=1S/C14H19NOS/c1-12(11-17-2)14(16)15-10-6-9-13-7-4-3-5-8-13/h3-9,12H,10-11H2,1-2H3,(H,15,16)/b9-6-/t12-/m0/s1. The van der Waals surface area contributed by atoms with Gasteiger partial charge in [0.2, 0.25) is 5.91 Å². The van der Waals surface area contributed by atoms with Crippen LogP contribution < -0.4 is 5.32 Å². The largest absolute Gasteiger partial charge is 0.352 e. The molecule has 0 aliphatic heterocycles. The molecule has 1 rings (SSSR count). The molecule has 0 heterocycles. The number of rotatable bonds is 6. The number of benzene rings is 1. The molecule has 0 radical (unpaired) electrons. The van der Waals surface area contributed by atoms with Crippen molar-refractivity contribution in [3.63, 3.8) is 0 Å². The van der Waals surface area contributed by atoms with Crippen molar-refractivity contribution in [3.05, 3.63) is 42.0 Å². The van der Waals surface area contributed by atoms with Gasteiger partial charge in [-0.25, -0.2) is 0 Å². The van der Waals surface area contributed by atoms with Gasteiger partial charge in [0.15, 0.2) is 0 Å². The summed E-state index contributed by atoms with van der Waals surface area (Å²) < 4.78 is 0. The zero-order valence-corrected chi connectivity index (χ0v) is 11.2. The third-order valence-electron chi connectivity index (χ3n) is 2.37. The van der Waals surface area contributed by atoms with Crippen LogP contribution in [0.4, 0.5) is 0 Å². The Hall–Kier alpha value is -1.22. The van der Waals surface area contributed by atoms with Crippen molar-refractivity contribution in [3.8, 4) is 0 Å². The number of nitrogens with one attached hydrogen (secondary N) is 1. The van der Waals surface area contributed by atoms with Crippen molar-refractivity contribution in [2.45, 2.75) is 6.92 Å². The second-order valence-corrected chi connectivity index (χ2v) is 4.83. The Bertz CT molecular complexity index is 362. The maximum Gasteiger partial charge on any atom is 0.223 e. The van der Waals surface area contributed by atoms with Crippen LogP contribution in [0.1, 0.15) is 12.5 Å². The van der Waals surface area contributed by atoms with Crippen molar-refractivity contribution in [1.29, 1.82) is 0 Å². The van der Waals surface area contributed by atoms with E-state index in [1.807, 2.05) is 55.7 Å². The highest BCUT2D eigenvalue weighted by molar-refractivity contribution is 7.98. The fourth-order valence-electron chi connectivity index (χ4n) is 1.42. The van der Waals surface area contributed by atoms with Gasteiger partial charge in [-0.05, 0) is 11.8 Å². The molecule has 0 fully saturated rings. The van der Waals surface area contributed by atoms with Crippen LogP contribution in [0.25, 0.3) is 6.08 Å². The van der Waals surface area contributed by atoms with Gasteiger partial charge >= 0.3 is 0 Å². The van der Waals surface area contributed by atoms with Crippen molar-refractivity contribution >= 4 is 23.7 Å². The van der Waals surface area contributed by atoms with Crippen LogP contribution in [0.15, 0.2) is 36.4 Å². The number of carbonyl (C=O) groups is 1. The topological polar surface area (TPSA) is 29.1 Å². The lowest BCUT2D eigenvalue weighted by atomic mass is 10.2. The highest BCUT2D eigenvalue weighted by Gasteiger charge is 2.09. The smallest absolute Gasteiger partial charge is 0.223 e. The molecular formula is C14H19NOS. The number of carbonyl (C=O) groups excluding carboxylic acids is 1. The van der Waals surface area contributed by atoms with E-state index in [9.17, 15) is 4.79 Å². The van der Waals surface area contributed by atoms with Crippen molar-refractivity contribution in [2.75, 3.05) is 18.6 Å². The molecule has 1 aromatic rings. The summed E-state index contributed by atoms with van der Waals surface area (Å²) in [5, 5.41) is 2.90. The predicted octanol–water partition coefficient (Wildman–Crippen LogP) is 2.82. The third kappa shape index (κ3) is 5.59. The van der Waals surface area contributed by atoms with E-state index in [0.29, 0.717) is 6.54 Å². The van der Waals surface area contributed by atoms with E-state index < -0.39 is 0 Å². The first-order valence-corrected chi connectivity index (χ1v) is 7.11. The average molecular weight is 249 g/mol. The molecule has 0 aliphatic carbocycles. The summed E-state index contributed by atoms with van der Waals surface area (Å²) in [6, 6.07) is 10.1. The molecule has 1 atom stereocenters. The van der Waals surface area contributed by atoms with Crippen LogP contribution >= 0.6 is 11.8 Å². The normalized spacial score (nSPS) is 12.6. The lowest BCUT2D eigenvalue weighted by Crippen LogP contribution is -2.30. The molecule has 0 unspecified atom stereocenters. The fourth-order valence-corrected chi connectivity index (χ4v) is 2.07. The first-order chi connectivity index (χ1) is 8.24. The second kappa shape index (κ2) is 7.96. The maximum absolute atomic E-state index is 11.6. The molecule has 17 heavy (non-hydrogen) atoms. The van der Waals surface area contributed by atoms with E-state index in [4.69, 9.17) is 0 Å². The number of thioether (sulfide) groups is 1. The van der Waals surface area contributed by atoms with Gasteiger partial charge in [-0.1, -0.05) is 49.4 Å². The van der Waals surface area contributed by atoms with E-state index >= 15 is 0 Å². The molecule has 1 N–H and O–H groups in total. The summed E-state index contributed by atoms with van der Waals surface area (Å²) in [5.41, 5.74) is 1.15. The summed E-state index contributed by atoms with van der Waals surface area (Å²) in [7, 11) is 0. The van der Waals surface area contributed by atoms with Crippen LogP contribution in [-0.2, 0) is 4.79 Å². The third-order valence-corrected chi connectivity index (χ3v) is 3.20. The molecule has 0 saturated carbocycles. The molecule has 1 amide bonds. The van der Waals surface area contributed by atoms with Gasteiger partial charge in [0.25, 0.3) is 0 Å². The highest BCUT2D eigenvalue weighted by Crippen LogP contribution is 2.04. The summed E-state index contributed by atoms with van der Waals surface area (Å²) in [6.07, 6.45) is 6.00. The van der Waals surface area contributed by atoms with Gasteiger partial charge in [-0.3, -0.25) is 4.79 Å².